The van der Waals surface area contributed by atoms with Crippen LogP contribution in [0.1, 0.15) is 155 Å². The van der Waals surface area contributed by atoms with Crippen LogP contribution in [0, 0.1) is 0 Å². The Hall–Kier alpha value is -2.67. The minimum Gasteiger partial charge on any atom is -0.462 e. The molecule has 0 fully saturated rings. The summed E-state index contributed by atoms with van der Waals surface area (Å²) in [5.74, 6) is -0.424. The van der Waals surface area contributed by atoms with E-state index in [4.69, 9.17) is 18.9 Å². The third kappa shape index (κ3) is 34.5. The van der Waals surface area contributed by atoms with Gasteiger partial charge in [0.15, 0.2) is 0 Å². The summed E-state index contributed by atoms with van der Waals surface area (Å²) >= 11 is 0. The van der Waals surface area contributed by atoms with Crippen LogP contribution < -0.4 is 0 Å². The first kappa shape index (κ1) is 44.3. The quantitative estimate of drug-likeness (QED) is 0.0299. The SMILES string of the molecule is CCCC/C=C/C=C/COC(=O)CCCCCCCC(CCCCCCCC(=O)OC/C=C/C=C/CCCC)OC(=O)CCCOC. The predicted octanol–water partition coefficient (Wildman–Crippen LogP) is 10.5. The van der Waals surface area contributed by atoms with Gasteiger partial charge in [-0.1, -0.05) is 115 Å². The molecule has 0 aromatic carbocycles. The molecule has 0 atom stereocenters. The maximum absolute atomic E-state index is 12.4. The van der Waals surface area contributed by atoms with Crippen molar-refractivity contribution in [2.75, 3.05) is 26.9 Å². The molecule has 0 rings (SSSR count). The highest BCUT2D eigenvalue weighted by Gasteiger charge is 2.14. The molecule has 0 aliphatic rings. The average molecular weight is 661 g/mol. The first-order valence-electron chi connectivity index (χ1n) is 18.7. The number of unbranched alkanes of at least 4 members (excludes halogenated alkanes) is 12. The molecule has 270 valence electrons. The Morgan fingerprint density at radius 1 is 0.511 bits per heavy atom. The van der Waals surface area contributed by atoms with E-state index in [2.05, 4.69) is 26.0 Å². The molecular weight excluding hydrogens is 592 g/mol. The fourth-order valence-electron chi connectivity index (χ4n) is 4.90. The predicted molar refractivity (Wildman–Crippen MR) is 193 cm³/mol. The van der Waals surface area contributed by atoms with Gasteiger partial charge in [-0.05, 0) is 69.9 Å². The van der Waals surface area contributed by atoms with E-state index in [1.165, 1.54) is 25.7 Å². The fraction of sp³-hybridized carbons (Fsp3) is 0.725. The van der Waals surface area contributed by atoms with Crippen molar-refractivity contribution in [2.24, 2.45) is 0 Å². The molecule has 47 heavy (non-hydrogen) atoms. The number of methoxy groups -OCH3 is 1. The number of esters is 3. The normalized spacial score (nSPS) is 11.9. The van der Waals surface area contributed by atoms with Crippen molar-refractivity contribution in [3.05, 3.63) is 48.6 Å². The number of carbonyl (C=O) groups is 3. The molecule has 0 aromatic rings. The molecule has 0 saturated carbocycles. The van der Waals surface area contributed by atoms with Gasteiger partial charge in [0.1, 0.15) is 19.3 Å². The highest BCUT2D eigenvalue weighted by Crippen LogP contribution is 2.18. The van der Waals surface area contributed by atoms with E-state index in [0.717, 1.165) is 89.9 Å². The van der Waals surface area contributed by atoms with Gasteiger partial charge in [0.25, 0.3) is 0 Å². The molecule has 0 radical (unpaired) electrons. The zero-order chi connectivity index (χ0) is 34.5. The second-order valence-electron chi connectivity index (χ2n) is 12.2. The van der Waals surface area contributed by atoms with Gasteiger partial charge in [0.05, 0.1) is 0 Å². The van der Waals surface area contributed by atoms with Gasteiger partial charge in [0.2, 0.25) is 0 Å². The maximum Gasteiger partial charge on any atom is 0.306 e. The second-order valence-corrected chi connectivity index (χ2v) is 12.2. The Morgan fingerprint density at radius 3 is 1.40 bits per heavy atom. The number of carbonyl (C=O) groups excluding carboxylic acids is 3. The minimum absolute atomic E-state index is 0.0564. The monoisotopic (exact) mass is 660 g/mol. The Morgan fingerprint density at radius 2 is 0.936 bits per heavy atom. The topological polar surface area (TPSA) is 88.1 Å². The molecule has 0 heterocycles. The second kappa shape index (κ2) is 36.2. The van der Waals surface area contributed by atoms with E-state index in [0.29, 0.717) is 45.5 Å². The molecule has 7 nitrogen and oxygen atoms in total. The Kier molecular flexibility index (Phi) is 34.1. The van der Waals surface area contributed by atoms with Gasteiger partial charge < -0.3 is 18.9 Å². The standard InChI is InChI=1S/C40H68O7/c1-4-6-8-10-12-20-26-35-45-38(41)31-24-18-14-16-22-29-37(47-40(43)33-28-34-44-3)30-23-17-15-19-25-32-39(42)46-36-27-21-13-11-9-7-5-2/h10-13,20-21,26-27,37H,4-9,14-19,22-25,28-36H2,1-3H3/b12-10+,13-11+,26-20+,27-21+. The summed E-state index contributed by atoms with van der Waals surface area (Å²) < 4.78 is 21.4. The largest absolute Gasteiger partial charge is 0.462 e. The zero-order valence-electron chi connectivity index (χ0n) is 30.2. The maximum atomic E-state index is 12.4. The molecular formula is C40H68O7. The van der Waals surface area contributed by atoms with Crippen LogP contribution in [0.5, 0.6) is 0 Å². The highest BCUT2D eigenvalue weighted by atomic mass is 16.5. The van der Waals surface area contributed by atoms with Crippen molar-refractivity contribution in [3.63, 3.8) is 0 Å². The van der Waals surface area contributed by atoms with E-state index in [9.17, 15) is 14.4 Å². The lowest BCUT2D eigenvalue weighted by atomic mass is 10.0. The summed E-state index contributed by atoms with van der Waals surface area (Å²) in [5, 5.41) is 0. The molecule has 0 aromatic heterocycles. The lowest BCUT2D eigenvalue weighted by Crippen LogP contribution is -2.18. The number of hydrogen-bond acceptors (Lipinski definition) is 7. The van der Waals surface area contributed by atoms with Crippen molar-refractivity contribution in [2.45, 2.75) is 161 Å². The van der Waals surface area contributed by atoms with Crippen LogP contribution in [0.15, 0.2) is 48.6 Å². The van der Waals surface area contributed by atoms with Gasteiger partial charge in [0, 0.05) is 33.0 Å². The van der Waals surface area contributed by atoms with E-state index >= 15 is 0 Å². The summed E-state index contributed by atoms with van der Waals surface area (Å²) in [6, 6.07) is 0. The van der Waals surface area contributed by atoms with E-state index < -0.39 is 0 Å². The lowest BCUT2D eigenvalue weighted by Gasteiger charge is -2.18. The van der Waals surface area contributed by atoms with E-state index in [1.807, 2.05) is 36.5 Å². The summed E-state index contributed by atoms with van der Waals surface area (Å²) in [6.07, 6.45) is 36.4. The molecule has 7 heteroatoms. The van der Waals surface area contributed by atoms with Crippen molar-refractivity contribution in [1.29, 1.82) is 0 Å². The zero-order valence-corrected chi connectivity index (χ0v) is 30.2. The van der Waals surface area contributed by atoms with Crippen LogP contribution in [0.2, 0.25) is 0 Å². The van der Waals surface area contributed by atoms with Gasteiger partial charge in [-0.2, -0.15) is 0 Å². The highest BCUT2D eigenvalue weighted by molar-refractivity contribution is 5.70. The third-order valence-corrected chi connectivity index (χ3v) is 7.74. The first-order valence-corrected chi connectivity index (χ1v) is 18.7. The number of ether oxygens (including phenoxy) is 4. The summed E-state index contributed by atoms with van der Waals surface area (Å²) in [6.45, 7) is 5.56. The van der Waals surface area contributed by atoms with Crippen LogP contribution in [0.3, 0.4) is 0 Å². The van der Waals surface area contributed by atoms with Crippen LogP contribution in [-0.2, 0) is 33.3 Å². The van der Waals surface area contributed by atoms with Crippen LogP contribution >= 0.6 is 0 Å². The third-order valence-electron chi connectivity index (χ3n) is 7.74. The lowest BCUT2D eigenvalue weighted by molar-refractivity contribution is -0.150. The minimum atomic E-state index is -0.145. The Balaban J connectivity index is 4.10. The number of allylic oxidation sites excluding steroid dienone is 6. The van der Waals surface area contributed by atoms with Gasteiger partial charge in [-0.3, -0.25) is 14.4 Å². The van der Waals surface area contributed by atoms with Crippen molar-refractivity contribution in [3.8, 4) is 0 Å². The summed E-state index contributed by atoms with van der Waals surface area (Å²) in [5.41, 5.74) is 0. The smallest absolute Gasteiger partial charge is 0.306 e. The van der Waals surface area contributed by atoms with E-state index in [-0.39, 0.29) is 24.0 Å². The number of hydrogen-bond donors (Lipinski definition) is 0. The van der Waals surface area contributed by atoms with Gasteiger partial charge in [-0.25, -0.2) is 0 Å². The Labute approximate surface area is 287 Å². The van der Waals surface area contributed by atoms with Crippen LogP contribution in [0.25, 0.3) is 0 Å². The van der Waals surface area contributed by atoms with Crippen molar-refractivity contribution >= 4 is 17.9 Å². The summed E-state index contributed by atoms with van der Waals surface area (Å²) in [7, 11) is 1.64. The molecule has 0 amide bonds. The van der Waals surface area contributed by atoms with Crippen molar-refractivity contribution < 1.29 is 33.3 Å². The van der Waals surface area contributed by atoms with Gasteiger partial charge in [-0.15, -0.1) is 0 Å². The van der Waals surface area contributed by atoms with Crippen LogP contribution in [0.4, 0.5) is 0 Å². The molecule has 0 spiro atoms. The summed E-state index contributed by atoms with van der Waals surface area (Å²) in [4.78, 5) is 36.2. The Bertz CT molecular complexity index is 801. The molecule has 0 aliphatic carbocycles. The van der Waals surface area contributed by atoms with Crippen LogP contribution in [-0.4, -0.2) is 50.9 Å². The molecule has 0 saturated heterocycles. The van der Waals surface area contributed by atoms with E-state index in [1.54, 1.807) is 7.11 Å². The molecule has 0 aliphatic heterocycles. The van der Waals surface area contributed by atoms with Gasteiger partial charge >= 0.3 is 17.9 Å². The number of rotatable bonds is 33. The molecule has 0 bridgehead atoms. The fourth-order valence-corrected chi connectivity index (χ4v) is 4.90. The van der Waals surface area contributed by atoms with Crippen molar-refractivity contribution in [1.82, 2.24) is 0 Å². The average Bonchev–Trinajstić information content (AvgIpc) is 3.06. The first-order chi connectivity index (χ1) is 23.0. The molecule has 0 N–H and O–H groups in total. The molecule has 0 unspecified atom stereocenters.